The molecule has 5 heteroatoms. The van der Waals surface area contributed by atoms with Crippen LogP contribution in [0, 0.1) is 0 Å². The molecule has 1 aromatic heterocycles. The minimum Gasteiger partial charge on any atom is -0.332 e. The zero-order valence-electron chi connectivity index (χ0n) is 17.1. The summed E-state index contributed by atoms with van der Waals surface area (Å²) in [5.41, 5.74) is 4.28. The molecule has 31 heavy (non-hydrogen) atoms. The summed E-state index contributed by atoms with van der Waals surface area (Å²) in [7, 11) is 0. The lowest BCUT2D eigenvalue weighted by molar-refractivity contribution is 0.0761. The number of nitrogens with zero attached hydrogens (tertiary/aromatic N) is 4. The number of hydrogen-bond donors (Lipinski definition) is 0. The van der Waals surface area contributed by atoms with Gasteiger partial charge in [0.2, 0.25) is 5.82 Å². The highest BCUT2D eigenvalue weighted by Gasteiger charge is 2.25. The fraction of sp³-hybridized carbons (Fsp3) is 0.115. The summed E-state index contributed by atoms with van der Waals surface area (Å²) in [6.07, 6.45) is 2.95. The van der Waals surface area contributed by atoms with Gasteiger partial charge in [0.05, 0.1) is 5.69 Å². The number of rotatable bonds is 4. The molecule has 0 N–H and O–H groups in total. The van der Waals surface area contributed by atoms with Crippen LogP contribution in [0.2, 0.25) is 0 Å². The van der Waals surface area contributed by atoms with Crippen LogP contribution in [0.15, 0.2) is 97.1 Å². The van der Waals surface area contributed by atoms with Gasteiger partial charge in [-0.05, 0) is 29.7 Å². The van der Waals surface area contributed by atoms with Crippen molar-refractivity contribution < 1.29 is 4.79 Å². The molecule has 0 saturated heterocycles. The van der Waals surface area contributed by atoms with Crippen molar-refractivity contribution in [3.05, 3.63) is 108 Å². The van der Waals surface area contributed by atoms with Crippen LogP contribution in [0.1, 0.15) is 22.6 Å². The smallest absolute Gasteiger partial charge is 0.293 e. The van der Waals surface area contributed by atoms with Gasteiger partial charge in [-0.15, -0.1) is 5.10 Å². The molecule has 0 atom stereocenters. The summed E-state index contributed by atoms with van der Waals surface area (Å²) >= 11 is 0. The Kier molecular flexibility index (Phi) is 5.15. The van der Waals surface area contributed by atoms with E-state index in [1.165, 1.54) is 11.1 Å². The van der Waals surface area contributed by atoms with Crippen molar-refractivity contribution in [2.75, 3.05) is 13.1 Å². The van der Waals surface area contributed by atoms with Crippen LogP contribution >= 0.6 is 0 Å². The fourth-order valence-electron chi connectivity index (χ4n) is 3.84. The zero-order chi connectivity index (χ0) is 21.0. The summed E-state index contributed by atoms with van der Waals surface area (Å²) in [6, 6.07) is 29.9. The highest BCUT2D eigenvalue weighted by molar-refractivity contribution is 5.91. The van der Waals surface area contributed by atoms with Gasteiger partial charge in [0.1, 0.15) is 0 Å². The highest BCUT2D eigenvalue weighted by atomic mass is 16.2. The number of benzene rings is 3. The van der Waals surface area contributed by atoms with Gasteiger partial charge in [0.25, 0.3) is 5.91 Å². The summed E-state index contributed by atoms with van der Waals surface area (Å²) in [5.74, 6) is 0.738. The number of amides is 1. The van der Waals surface area contributed by atoms with Crippen LogP contribution in [-0.2, 0) is 0 Å². The van der Waals surface area contributed by atoms with Crippen molar-refractivity contribution >= 4 is 11.5 Å². The third-order valence-corrected chi connectivity index (χ3v) is 5.47. The molecule has 0 fully saturated rings. The van der Waals surface area contributed by atoms with E-state index < -0.39 is 0 Å². The molecule has 0 aliphatic carbocycles. The molecule has 0 spiro atoms. The van der Waals surface area contributed by atoms with Gasteiger partial charge in [-0.25, -0.2) is 9.67 Å². The van der Waals surface area contributed by atoms with Gasteiger partial charge in [-0.3, -0.25) is 4.79 Å². The number of carbonyl (C=O) groups excluding carboxylic acids is 1. The molecule has 5 nitrogen and oxygen atoms in total. The maximum atomic E-state index is 13.2. The van der Waals surface area contributed by atoms with E-state index in [1.54, 1.807) is 4.68 Å². The van der Waals surface area contributed by atoms with Crippen molar-refractivity contribution in [2.24, 2.45) is 0 Å². The van der Waals surface area contributed by atoms with Gasteiger partial charge in [0, 0.05) is 18.7 Å². The monoisotopic (exact) mass is 406 g/mol. The second-order valence-corrected chi connectivity index (χ2v) is 7.47. The van der Waals surface area contributed by atoms with Crippen LogP contribution in [0.3, 0.4) is 0 Å². The minimum absolute atomic E-state index is 0.143. The molecule has 1 aliphatic rings. The Morgan fingerprint density at radius 2 is 1.39 bits per heavy atom. The normalized spacial score (nSPS) is 13.7. The fourth-order valence-corrected chi connectivity index (χ4v) is 3.84. The summed E-state index contributed by atoms with van der Waals surface area (Å²) in [4.78, 5) is 19.7. The molecule has 1 aliphatic heterocycles. The Labute approximate surface area is 181 Å². The zero-order valence-corrected chi connectivity index (χ0v) is 17.1. The highest BCUT2D eigenvalue weighted by Crippen LogP contribution is 2.24. The second-order valence-electron chi connectivity index (χ2n) is 7.47. The van der Waals surface area contributed by atoms with E-state index in [9.17, 15) is 4.79 Å². The third-order valence-electron chi connectivity index (χ3n) is 5.47. The maximum absolute atomic E-state index is 13.2. The third kappa shape index (κ3) is 3.90. The van der Waals surface area contributed by atoms with Gasteiger partial charge in [-0.2, -0.15) is 0 Å². The maximum Gasteiger partial charge on any atom is 0.293 e. The number of hydrogen-bond acceptors (Lipinski definition) is 3. The number of aromatic nitrogens is 3. The van der Waals surface area contributed by atoms with E-state index in [1.807, 2.05) is 83.8 Å². The van der Waals surface area contributed by atoms with E-state index in [2.05, 4.69) is 28.3 Å². The molecule has 0 saturated carbocycles. The molecular formula is C26H22N4O. The van der Waals surface area contributed by atoms with Crippen molar-refractivity contribution in [3.8, 4) is 17.1 Å². The lowest BCUT2D eigenvalue weighted by Gasteiger charge is -2.25. The summed E-state index contributed by atoms with van der Waals surface area (Å²) in [5, 5.41) is 4.60. The van der Waals surface area contributed by atoms with E-state index in [0.717, 1.165) is 17.7 Å². The van der Waals surface area contributed by atoms with Crippen LogP contribution in [-0.4, -0.2) is 38.7 Å². The predicted molar refractivity (Wildman–Crippen MR) is 122 cm³/mol. The molecule has 0 bridgehead atoms. The quantitative estimate of drug-likeness (QED) is 0.486. The molecule has 0 radical (unpaired) electrons. The lowest BCUT2D eigenvalue weighted by Crippen LogP contribution is -2.35. The molecular weight excluding hydrogens is 384 g/mol. The second kappa shape index (κ2) is 8.40. The largest absolute Gasteiger partial charge is 0.332 e. The average Bonchev–Trinajstić information content (AvgIpc) is 3.31. The predicted octanol–water partition coefficient (Wildman–Crippen LogP) is 4.86. The van der Waals surface area contributed by atoms with E-state index >= 15 is 0 Å². The number of carbonyl (C=O) groups is 1. The first kappa shape index (κ1) is 19.0. The Hall–Kier alpha value is -3.99. The van der Waals surface area contributed by atoms with Gasteiger partial charge >= 0.3 is 0 Å². The van der Waals surface area contributed by atoms with Gasteiger partial charge in [-0.1, -0.05) is 84.9 Å². The van der Waals surface area contributed by atoms with Crippen molar-refractivity contribution in [2.45, 2.75) is 6.42 Å². The summed E-state index contributed by atoms with van der Waals surface area (Å²) in [6.45, 7) is 1.21. The minimum atomic E-state index is -0.143. The molecule has 2 heterocycles. The average molecular weight is 406 g/mol. The standard InChI is InChI=1S/C26H22N4O/c31-26(29-18-16-21(17-19-29)20-10-4-1-5-11-20)24-27-25(22-12-6-2-7-13-22)30(28-24)23-14-8-3-9-15-23/h1-16H,17-19H2. The van der Waals surface area contributed by atoms with Crippen molar-refractivity contribution in [1.82, 2.24) is 19.7 Å². The first-order valence-corrected chi connectivity index (χ1v) is 10.4. The molecule has 152 valence electrons. The summed E-state index contributed by atoms with van der Waals surface area (Å²) < 4.78 is 1.75. The number of para-hydroxylation sites is 1. The Bertz CT molecular complexity index is 1160. The molecule has 3 aromatic carbocycles. The van der Waals surface area contributed by atoms with Crippen molar-refractivity contribution in [1.29, 1.82) is 0 Å². The van der Waals surface area contributed by atoms with E-state index in [-0.39, 0.29) is 11.7 Å². The van der Waals surface area contributed by atoms with Crippen LogP contribution in [0.5, 0.6) is 0 Å². The van der Waals surface area contributed by atoms with Crippen LogP contribution < -0.4 is 0 Å². The van der Waals surface area contributed by atoms with E-state index in [4.69, 9.17) is 0 Å². The molecule has 4 aromatic rings. The van der Waals surface area contributed by atoms with E-state index in [0.29, 0.717) is 18.9 Å². The molecule has 0 unspecified atom stereocenters. The van der Waals surface area contributed by atoms with Gasteiger partial charge in [0.15, 0.2) is 5.82 Å². The Balaban J connectivity index is 1.45. The Morgan fingerprint density at radius 1 is 0.774 bits per heavy atom. The lowest BCUT2D eigenvalue weighted by atomic mass is 9.99. The van der Waals surface area contributed by atoms with Crippen molar-refractivity contribution in [3.63, 3.8) is 0 Å². The van der Waals surface area contributed by atoms with Crippen LogP contribution in [0.25, 0.3) is 22.6 Å². The first-order chi connectivity index (χ1) is 15.3. The Morgan fingerprint density at radius 3 is 2.00 bits per heavy atom. The van der Waals surface area contributed by atoms with Crippen LogP contribution in [0.4, 0.5) is 0 Å². The first-order valence-electron chi connectivity index (χ1n) is 10.4. The molecule has 1 amide bonds. The molecule has 5 rings (SSSR count). The van der Waals surface area contributed by atoms with Gasteiger partial charge < -0.3 is 4.90 Å². The topological polar surface area (TPSA) is 51.0 Å². The SMILES string of the molecule is O=C(c1nc(-c2ccccc2)n(-c2ccccc2)n1)N1CC=C(c2ccccc2)CC1.